The molecule has 0 unspecified atom stereocenters. The standard InChI is InChI=1S/C20H19N5O2S/c1-12(2)18-23-17(27-24-18)11-28-20-22-15-9-5-4-8-14(15)19(26)25(20)16-10-6-7-13(3)21-16/h4-10,12H,11H2,1-3H3. The highest BCUT2D eigenvalue weighted by molar-refractivity contribution is 7.98. The van der Waals surface area contributed by atoms with Gasteiger partial charge in [-0.05, 0) is 31.2 Å². The van der Waals surface area contributed by atoms with Crippen molar-refractivity contribution in [2.24, 2.45) is 0 Å². The predicted octanol–water partition coefficient (Wildman–Crippen LogP) is 3.89. The van der Waals surface area contributed by atoms with Crippen LogP contribution in [-0.2, 0) is 5.75 Å². The average molecular weight is 393 g/mol. The van der Waals surface area contributed by atoms with Gasteiger partial charge in [-0.3, -0.25) is 4.79 Å². The molecule has 0 aliphatic heterocycles. The summed E-state index contributed by atoms with van der Waals surface area (Å²) in [6.45, 7) is 5.91. The summed E-state index contributed by atoms with van der Waals surface area (Å²) in [5.74, 6) is 2.31. The molecular weight excluding hydrogens is 374 g/mol. The van der Waals surface area contributed by atoms with Gasteiger partial charge in [-0.1, -0.05) is 49.0 Å². The second-order valence-electron chi connectivity index (χ2n) is 6.68. The van der Waals surface area contributed by atoms with Crippen molar-refractivity contribution < 1.29 is 4.52 Å². The van der Waals surface area contributed by atoms with Crippen molar-refractivity contribution in [3.05, 3.63) is 70.2 Å². The molecule has 0 spiro atoms. The van der Waals surface area contributed by atoms with E-state index < -0.39 is 0 Å². The SMILES string of the molecule is Cc1cccc(-n2c(SCc3nc(C(C)C)no3)nc3ccccc3c2=O)n1. The molecule has 0 saturated carbocycles. The molecule has 8 heteroatoms. The molecule has 3 aromatic heterocycles. The molecule has 4 aromatic rings. The summed E-state index contributed by atoms with van der Waals surface area (Å²) in [7, 11) is 0. The van der Waals surface area contributed by atoms with Crippen LogP contribution in [0.15, 0.2) is 56.9 Å². The lowest BCUT2D eigenvalue weighted by Gasteiger charge is -2.12. The fourth-order valence-electron chi connectivity index (χ4n) is 2.75. The van der Waals surface area contributed by atoms with Crippen LogP contribution in [-0.4, -0.2) is 24.7 Å². The maximum absolute atomic E-state index is 13.2. The largest absolute Gasteiger partial charge is 0.338 e. The highest BCUT2D eigenvalue weighted by Crippen LogP contribution is 2.24. The van der Waals surface area contributed by atoms with E-state index in [0.717, 1.165) is 5.69 Å². The van der Waals surface area contributed by atoms with E-state index >= 15 is 0 Å². The van der Waals surface area contributed by atoms with Gasteiger partial charge in [0.05, 0.1) is 16.7 Å². The van der Waals surface area contributed by atoms with E-state index in [-0.39, 0.29) is 11.5 Å². The molecule has 0 amide bonds. The zero-order valence-corrected chi connectivity index (χ0v) is 16.6. The summed E-state index contributed by atoms with van der Waals surface area (Å²) in [5.41, 5.74) is 1.32. The van der Waals surface area contributed by atoms with E-state index in [1.807, 2.05) is 51.1 Å². The van der Waals surface area contributed by atoms with Crippen LogP contribution in [0.3, 0.4) is 0 Å². The molecule has 7 nitrogen and oxygen atoms in total. The molecule has 0 aliphatic carbocycles. The lowest BCUT2D eigenvalue weighted by atomic mass is 10.2. The number of aryl methyl sites for hydroxylation is 1. The number of hydrogen-bond acceptors (Lipinski definition) is 7. The van der Waals surface area contributed by atoms with E-state index in [1.54, 1.807) is 16.7 Å². The van der Waals surface area contributed by atoms with Gasteiger partial charge < -0.3 is 4.52 Å². The first kappa shape index (κ1) is 18.4. The van der Waals surface area contributed by atoms with Crippen molar-refractivity contribution in [3.8, 4) is 5.82 Å². The lowest BCUT2D eigenvalue weighted by Crippen LogP contribution is -2.22. The Morgan fingerprint density at radius 3 is 2.64 bits per heavy atom. The highest BCUT2D eigenvalue weighted by atomic mass is 32.2. The van der Waals surface area contributed by atoms with Crippen LogP contribution in [0.25, 0.3) is 16.7 Å². The normalized spacial score (nSPS) is 11.4. The van der Waals surface area contributed by atoms with Crippen LogP contribution >= 0.6 is 11.8 Å². The quantitative estimate of drug-likeness (QED) is 0.375. The number of benzene rings is 1. The van der Waals surface area contributed by atoms with E-state index in [2.05, 4.69) is 15.1 Å². The molecule has 3 heterocycles. The average Bonchev–Trinajstić information content (AvgIpc) is 3.16. The lowest BCUT2D eigenvalue weighted by molar-refractivity contribution is 0.382. The number of rotatable bonds is 5. The second kappa shape index (κ2) is 7.55. The number of nitrogens with zero attached hydrogens (tertiary/aromatic N) is 5. The predicted molar refractivity (Wildman–Crippen MR) is 108 cm³/mol. The van der Waals surface area contributed by atoms with Crippen LogP contribution in [0.2, 0.25) is 0 Å². The Balaban J connectivity index is 1.79. The van der Waals surface area contributed by atoms with Gasteiger partial charge in [0.2, 0.25) is 5.89 Å². The number of fused-ring (bicyclic) bond motifs is 1. The molecule has 0 atom stereocenters. The fraction of sp³-hybridized carbons (Fsp3) is 0.250. The molecule has 4 rings (SSSR count). The zero-order valence-electron chi connectivity index (χ0n) is 15.8. The monoisotopic (exact) mass is 393 g/mol. The Labute approximate surface area is 165 Å². The maximum Gasteiger partial charge on any atom is 0.267 e. The minimum Gasteiger partial charge on any atom is -0.338 e. The Morgan fingerprint density at radius 2 is 1.89 bits per heavy atom. The number of aromatic nitrogens is 5. The van der Waals surface area contributed by atoms with Crippen LogP contribution in [0.5, 0.6) is 0 Å². The van der Waals surface area contributed by atoms with Gasteiger partial charge in [-0.25, -0.2) is 14.5 Å². The van der Waals surface area contributed by atoms with Gasteiger partial charge in [0.15, 0.2) is 11.0 Å². The first-order valence-corrected chi connectivity index (χ1v) is 9.92. The zero-order chi connectivity index (χ0) is 19.7. The van der Waals surface area contributed by atoms with Crippen LogP contribution in [0.4, 0.5) is 0 Å². The summed E-state index contributed by atoms with van der Waals surface area (Å²) in [4.78, 5) is 26.8. The molecular formula is C20H19N5O2S. The molecule has 0 fully saturated rings. The molecule has 142 valence electrons. The molecule has 1 aromatic carbocycles. The second-order valence-corrected chi connectivity index (χ2v) is 7.62. The first-order valence-electron chi connectivity index (χ1n) is 8.94. The summed E-state index contributed by atoms with van der Waals surface area (Å²) in [5, 5.41) is 5.07. The van der Waals surface area contributed by atoms with E-state index in [1.165, 1.54) is 11.8 Å². The van der Waals surface area contributed by atoms with Crippen molar-refractivity contribution in [1.29, 1.82) is 0 Å². The number of para-hydroxylation sites is 1. The van der Waals surface area contributed by atoms with Crippen LogP contribution in [0, 0.1) is 6.92 Å². The minimum atomic E-state index is -0.153. The number of thioether (sulfide) groups is 1. The molecule has 0 N–H and O–H groups in total. The van der Waals surface area contributed by atoms with Gasteiger partial charge in [0.1, 0.15) is 5.82 Å². The molecule has 0 saturated heterocycles. The van der Waals surface area contributed by atoms with Gasteiger partial charge >= 0.3 is 0 Å². The van der Waals surface area contributed by atoms with Crippen molar-refractivity contribution in [2.75, 3.05) is 0 Å². The fourth-order valence-corrected chi connectivity index (χ4v) is 3.59. The molecule has 0 aliphatic rings. The minimum absolute atomic E-state index is 0.153. The molecule has 0 bridgehead atoms. The third-order valence-electron chi connectivity index (χ3n) is 4.17. The van der Waals surface area contributed by atoms with Crippen molar-refractivity contribution in [3.63, 3.8) is 0 Å². The third kappa shape index (κ3) is 3.55. The van der Waals surface area contributed by atoms with Gasteiger partial charge in [0, 0.05) is 11.6 Å². The summed E-state index contributed by atoms with van der Waals surface area (Å²) < 4.78 is 6.86. The Morgan fingerprint density at radius 1 is 1.07 bits per heavy atom. The Bertz CT molecular complexity index is 1200. The summed E-state index contributed by atoms with van der Waals surface area (Å²) in [6.07, 6.45) is 0. The summed E-state index contributed by atoms with van der Waals surface area (Å²) >= 11 is 1.37. The van der Waals surface area contributed by atoms with Gasteiger partial charge in [-0.15, -0.1) is 0 Å². The van der Waals surface area contributed by atoms with Crippen molar-refractivity contribution >= 4 is 22.7 Å². The molecule has 0 radical (unpaired) electrons. The van der Waals surface area contributed by atoms with Crippen molar-refractivity contribution in [1.82, 2.24) is 24.7 Å². The van der Waals surface area contributed by atoms with Gasteiger partial charge in [0.25, 0.3) is 5.56 Å². The Kier molecular flexibility index (Phi) is 4.95. The van der Waals surface area contributed by atoms with E-state index in [0.29, 0.717) is 39.3 Å². The van der Waals surface area contributed by atoms with Crippen LogP contribution < -0.4 is 5.56 Å². The highest BCUT2D eigenvalue weighted by Gasteiger charge is 2.16. The van der Waals surface area contributed by atoms with Crippen LogP contribution in [0.1, 0.15) is 37.2 Å². The van der Waals surface area contributed by atoms with E-state index in [4.69, 9.17) is 9.51 Å². The van der Waals surface area contributed by atoms with Gasteiger partial charge in [-0.2, -0.15) is 4.98 Å². The maximum atomic E-state index is 13.2. The first-order chi connectivity index (χ1) is 13.5. The smallest absolute Gasteiger partial charge is 0.267 e. The van der Waals surface area contributed by atoms with E-state index in [9.17, 15) is 4.79 Å². The number of pyridine rings is 1. The Hall–Kier alpha value is -3.00. The molecule has 28 heavy (non-hydrogen) atoms. The number of hydrogen-bond donors (Lipinski definition) is 0. The van der Waals surface area contributed by atoms with Crippen molar-refractivity contribution in [2.45, 2.75) is 37.6 Å². The topological polar surface area (TPSA) is 86.7 Å². The summed E-state index contributed by atoms with van der Waals surface area (Å²) in [6, 6.07) is 12.9. The third-order valence-corrected chi connectivity index (χ3v) is 5.10.